The predicted octanol–water partition coefficient (Wildman–Crippen LogP) is 3.58. The maximum absolute atomic E-state index is 13.0. The van der Waals surface area contributed by atoms with Gasteiger partial charge >= 0.3 is 5.97 Å². The van der Waals surface area contributed by atoms with Crippen LogP contribution < -0.4 is 10.2 Å². The van der Waals surface area contributed by atoms with Crippen molar-refractivity contribution >= 4 is 16.9 Å². The lowest BCUT2D eigenvalue weighted by atomic mass is 9.77. The lowest BCUT2D eigenvalue weighted by Crippen LogP contribution is -2.26. The number of hydrogen-bond acceptors (Lipinski definition) is 10. The molecule has 0 amide bonds. The van der Waals surface area contributed by atoms with Crippen molar-refractivity contribution < 1.29 is 44.6 Å². The Morgan fingerprint density at radius 3 is 2.35 bits per heavy atom. The van der Waals surface area contributed by atoms with Crippen molar-refractivity contribution in [2.24, 2.45) is 5.92 Å². The molecule has 5 rings (SSSR count). The average molecular weight is 466 g/mol. The monoisotopic (exact) mass is 466 g/mol. The summed E-state index contributed by atoms with van der Waals surface area (Å²) in [5.41, 5.74) is -0.780. The van der Waals surface area contributed by atoms with E-state index in [1.807, 2.05) is 0 Å². The fourth-order valence-electron chi connectivity index (χ4n) is 4.43. The maximum Gasteiger partial charge on any atom is 0.311 e. The van der Waals surface area contributed by atoms with Crippen LogP contribution in [0.1, 0.15) is 24.3 Å². The summed E-state index contributed by atoms with van der Waals surface area (Å²) in [7, 11) is 0. The maximum atomic E-state index is 13.0. The van der Waals surface area contributed by atoms with Gasteiger partial charge in [-0.1, -0.05) is 0 Å². The zero-order chi connectivity index (χ0) is 24.3. The molecule has 2 atom stereocenters. The Hall–Kier alpha value is -4.60. The molecule has 10 heteroatoms. The number of allylic oxidation sites excluding steroid dienone is 2. The number of hydrogen-bond donors (Lipinski definition) is 6. The molecule has 3 aromatic rings. The van der Waals surface area contributed by atoms with Crippen molar-refractivity contribution in [3.05, 3.63) is 63.7 Å². The Kier molecular flexibility index (Phi) is 4.67. The molecular weight excluding hydrogens is 448 g/mol. The van der Waals surface area contributed by atoms with Crippen LogP contribution in [-0.4, -0.2) is 36.6 Å². The van der Waals surface area contributed by atoms with Crippen LogP contribution in [0.15, 0.2) is 57.1 Å². The van der Waals surface area contributed by atoms with Gasteiger partial charge in [0, 0.05) is 23.1 Å². The second kappa shape index (κ2) is 7.48. The van der Waals surface area contributed by atoms with Crippen LogP contribution in [0.5, 0.6) is 28.7 Å². The minimum Gasteiger partial charge on any atom is -0.507 e. The molecule has 1 aliphatic carbocycles. The fraction of sp³-hybridized carbons (Fsp3) is 0.167. The number of phenols is 3. The molecule has 2 heterocycles. The molecular formula is C24H18O10. The summed E-state index contributed by atoms with van der Waals surface area (Å²) in [6, 6.07) is 4.62. The lowest BCUT2D eigenvalue weighted by Gasteiger charge is -2.31. The second-order valence-electron chi connectivity index (χ2n) is 8.15. The molecule has 2 aromatic carbocycles. The van der Waals surface area contributed by atoms with E-state index in [1.165, 1.54) is 18.2 Å². The highest BCUT2D eigenvalue weighted by atomic mass is 16.5. The summed E-state index contributed by atoms with van der Waals surface area (Å²) >= 11 is 0. The summed E-state index contributed by atoms with van der Waals surface area (Å²) in [5.74, 6) is -5.15. The van der Waals surface area contributed by atoms with Crippen molar-refractivity contribution in [2.75, 3.05) is 0 Å². The van der Waals surface area contributed by atoms with Gasteiger partial charge in [0.15, 0.2) is 28.8 Å². The third-order valence-electron chi connectivity index (χ3n) is 6.08. The van der Waals surface area contributed by atoms with E-state index in [4.69, 9.17) is 9.15 Å². The quantitative estimate of drug-likeness (QED) is 0.186. The zero-order valence-electron chi connectivity index (χ0n) is 17.3. The van der Waals surface area contributed by atoms with Gasteiger partial charge < -0.3 is 39.8 Å². The molecule has 1 unspecified atom stereocenters. The van der Waals surface area contributed by atoms with Gasteiger partial charge in [-0.15, -0.1) is 0 Å². The van der Waals surface area contributed by atoms with Gasteiger partial charge in [-0.25, -0.2) is 0 Å². The Bertz CT molecular complexity index is 1490. The third-order valence-corrected chi connectivity index (χ3v) is 6.08. The highest BCUT2D eigenvalue weighted by Crippen LogP contribution is 2.49. The summed E-state index contributed by atoms with van der Waals surface area (Å²) in [6.45, 7) is 0. The van der Waals surface area contributed by atoms with Crippen LogP contribution in [0, 0.1) is 5.92 Å². The second-order valence-corrected chi connectivity index (χ2v) is 8.15. The van der Waals surface area contributed by atoms with Crippen LogP contribution in [0.4, 0.5) is 0 Å². The van der Waals surface area contributed by atoms with Crippen molar-refractivity contribution in [1.82, 2.24) is 0 Å². The molecule has 1 aromatic heterocycles. The van der Waals surface area contributed by atoms with Crippen LogP contribution >= 0.6 is 0 Å². The first-order valence-corrected chi connectivity index (χ1v) is 10.2. The number of aromatic hydroxyl groups is 4. The topological polar surface area (TPSA) is 178 Å². The third kappa shape index (κ3) is 3.19. The van der Waals surface area contributed by atoms with E-state index in [1.54, 1.807) is 0 Å². The summed E-state index contributed by atoms with van der Waals surface area (Å²) in [6.07, 6.45) is 2.90. The minimum atomic E-state index is -0.959. The molecule has 0 spiro atoms. The van der Waals surface area contributed by atoms with Crippen molar-refractivity contribution in [3.63, 3.8) is 0 Å². The zero-order valence-corrected chi connectivity index (χ0v) is 17.3. The van der Waals surface area contributed by atoms with Gasteiger partial charge in [-0.05, 0) is 42.7 Å². The number of phenolic OH excluding ortho intramolecular Hbond substituents is 3. The molecule has 0 radical (unpaired) electrons. The molecule has 10 nitrogen and oxygen atoms in total. The van der Waals surface area contributed by atoms with Crippen molar-refractivity contribution in [3.8, 4) is 40.1 Å². The van der Waals surface area contributed by atoms with Gasteiger partial charge in [-0.2, -0.15) is 0 Å². The number of ether oxygens (including phenoxy) is 1. The van der Waals surface area contributed by atoms with Gasteiger partial charge in [0.05, 0.1) is 6.42 Å². The SMILES string of the molecule is O=C1C[C@@H](C2C=C(O)C(O)=CC2)c2c(cc(O)c3c(=O)c(O)c(-c4ccc(O)c(O)c4)oc23)O1. The largest absolute Gasteiger partial charge is 0.507 e. The number of carbonyl (C=O) groups is 1. The highest BCUT2D eigenvalue weighted by Gasteiger charge is 2.38. The first-order chi connectivity index (χ1) is 16.2. The molecule has 0 saturated heterocycles. The van der Waals surface area contributed by atoms with E-state index in [-0.39, 0.29) is 58.0 Å². The summed E-state index contributed by atoms with van der Waals surface area (Å²) in [5, 5.41) is 59.9. The fourth-order valence-corrected chi connectivity index (χ4v) is 4.43. The Morgan fingerprint density at radius 2 is 1.65 bits per heavy atom. The minimum absolute atomic E-state index is 0.0498. The standard InChI is InChI=1S/C24H18O10/c25-12-3-1-9(5-14(12)27)11-7-18(30)33-17-8-16(29)20-21(31)22(32)23(34-24(20)19(11)17)10-2-4-13(26)15(28)6-10/h2-6,8-9,11,25-29,32H,1,7H2/t9?,11-/m0/s1. The molecule has 6 N–H and O–H groups in total. The first-order valence-electron chi connectivity index (χ1n) is 10.2. The van der Waals surface area contributed by atoms with Crippen molar-refractivity contribution in [2.45, 2.75) is 18.8 Å². The summed E-state index contributed by atoms with van der Waals surface area (Å²) in [4.78, 5) is 25.4. The van der Waals surface area contributed by atoms with E-state index in [9.17, 15) is 40.2 Å². The van der Waals surface area contributed by atoms with Gasteiger partial charge in [0.2, 0.25) is 11.2 Å². The van der Waals surface area contributed by atoms with E-state index in [0.717, 1.165) is 18.2 Å². The van der Waals surface area contributed by atoms with Crippen LogP contribution in [-0.2, 0) is 4.79 Å². The average Bonchev–Trinajstić information content (AvgIpc) is 2.78. The Balaban J connectivity index is 1.80. The molecule has 2 aliphatic rings. The number of aliphatic hydroxyl groups excluding tert-OH is 2. The molecule has 1 aliphatic heterocycles. The molecule has 34 heavy (non-hydrogen) atoms. The first kappa shape index (κ1) is 21.3. The predicted molar refractivity (Wildman–Crippen MR) is 117 cm³/mol. The number of rotatable bonds is 2. The van der Waals surface area contributed by atoms with E-state index >= 15 is 0 Å². The Morgan fingerprint density at radius 1 is 0.882 bits per heavy atom. The Labute approximate surface area is 190 Å². The van der Waals surface area contributed by atoms with Gasteiger partial charge in [-0.3, -0.25) is 9.59 Å². The van der Waals surface area contributed by atoms with Crippen LogP contribution in [0.25, 0.3) is 22.3 Å². The van der Waals surface area contributed by atoms with E-state index in [2.05, 4.69) is 0 Å². The highest BCUT2D eigenvalue weighted by molar-refractivity contribution is 5.94. The van der Waals surface area contributed by atoms with Gasteiger partial charge in [0.1, 0.15) is 22.5 Å². The lowest BCUT2D eigenvalue weighted by molar-refractivity contribution is -0.136. The van der Waals surface area contributed by atoms with Gasteiger partial charge in [0.25, 0.3) is 0 Å². The molecule has 174 valence electrons. The normalized spacial score (nSPS) is 19.8. The van der Waals surface area contributed by atoms with Crippen LogP contribution in [0.3, 0.4) is 0 Å². The smallest absolute Gasteiger partial charge is 0.311 e. The molecule has 0 saturated carbocycles. The molecule has 0 fully saturated rings. The number of benzene rings is 2. The number of aliphatic hydroxyl groups is 2. The van der Waals surface area contributed by atoms with E-state index in [0.29, 0.717) is 0 Å². The number of fused-ring (bicyclic) bond motifs is 3. The number of esters is 1. The number of carbonyl (C=O) groups excluding carboxylic acids is 1. The van der Waals surface area contributed by atoms with E-state index < -0.39 is 46.2 Å². The molecule has 0 bridgehead atoms. The van der Waals surface area contributed by atoms with Crippen molar-refractivity contribution in [1.29, 1.82) is 0 Å². The summed E-state index contributed by atoms with van der Waals surface area (Å²) < 4.78 is 11.2. The van der Waals surface area contributed by atoms with Crippen LogP contribution in [0.2, 0.25) is 0 Å².